The van der Waals surface area contributed by atoms with Crippen LogP contribution in [-0.4, -0.2) is 82.8 Å². The van der Waals surface area contributed by atoms with Crippen LogP contribution in [0.5, 0.6) is 0 Å². The molecule has 2 aliphatic heterocycles. The van der Waals surface area contributed by atoms with E-state index in [9.17, 15) is 14.4 Å². The molecule has 8 nitrogen and oxygen atoms in total. The second-order valence-corrected chi connectivity index (χ2v) is 5.78. The molecule has 2 N–H and O–H groups in total. The SMILES string of the molecule is CCNC(=O)C1COCCN1C(=O)N1CSC[C@H]1C(=O)O. The molecular weight excluding hydrogens is 298 g/mol. The van der Waals surface area contributed by atoms with Crippen LogP contribution in [0.2, 0.25) is 0 Å². The molecule has 0 saturated carbocycles. The number of carbonyl (C=O) groups excluding carboxylic acids is 2. The van der Waals surface area contributed by atoms with Gasteiger partial charge in [-0.2, -0.15) is 0 Å². The molecule has 2 heterocycles. The van der Waals surface area contributed by atoms with Crippen LogP contribution in [0.4, 0.5) is 4.79 Å². The van der Waals surface area contributed by atoms with Crippen molar-refractivity contribution in [2.45, 2.75) is 19.0 Å². The Labute approximate surface area is 126 Å². The van der Waals surface area contributed by atoms with Crippen molar-refractivity contribution in [2.75, 3.05) is 37.9 Å². The number of amides is 3. The van der Waals surface area contributed by atoms with Crippen molar-refractivity contribution in [1.29, 1.82) is 0 Å². The maximum Gasteiger partial charge on any atom is 0.327 e. The van der Waals surface area contributed by atoms with E-state index in [-0.39, 0.29) is 19.1 Å². The average Bonchev–Trinajstić information content (AvgIpc) is 2.96. The van der Waals surface area contributed by atoms with Gasteiger partial charge in [0.15, 0.2) is 0 Å². The molecule has 2 fully saturated rings. The van der Waals surface area contributed by atoms with Gasteiger partial charge in [-0.25, -0.2) is 9.59 Å². The summed E-state index contributed by atoms with van der Waals surface area (Å²) < 4.78 is 5.27. The summed E-state index contributed by atoms with van der Waals surface area (Å²) in [6, 6.07) is -1.95. The van der Waals surface area contributed by atoms with Gasteiger partial charge in [-0.05, 0) is 6.92 Å². The highest BCUT2D eigenvalue weighted by Crippen LogP contribution is 2.24. The minimum absolute atomic E-state index is 0.135. The molecule has 9 heteroatoms. The van der Waals surface area contributed by atoms with E-state index in [1.54, 1.807) is 6.92 Å². The number of nitrogens with zero attached hydrogens (tertiary/aromatic N) is 2. The first-order valence-electron chi connectivity index (χ1n) is 6.79. The lowest BCUT2D eigenvalue weighted by Gasteiger charge is -2.37. The third-order valence-corrected chi connectivity index (χ3v) is 4.45. The summed E-state index contributed by atoms with van der Waals surface area (Å²) in [4.78, 5) is 38.5. The molecule has 2 atom stereocenters. The summed E-state index contributed by atoms with van der Waals surface area (Å²) in [5.41, 5.74) is 0. The summed E-state index contributed by atoms with van der Waals surface area (Å²) in [5.74, 6) is -0.590. The highest BCUT2D eigenvalue weighted by Gasteiger charge is 2.41. The van der Waals surface area contributed by atoms with Crippen LogP contribution in [-0.2, 0) is 14.3 Å². The number of carboxylic acids is 1. The molecule has 0 aliphatic carbocycles. The molecular formula is C12H19N3O5S. The Morgan fingerprint density at radius 1 is 1.33 bits per heavy atom. The fourth-order valence-electron chi connectivity index (χ4n) is 2.34. The van der Waals surface area contributed by atoms with Crippen molar-refractivity contribution in [3.8, 4) is 0 Å². The summed E-state index contributed by atoms with van der Waals surface area (Å²) >= 11 is 1.40. The number of carboxylic acid groups (broad SMARTS) is 1. The highest BCUT2D eigenvalue weighted by molar-refractivity contribution is 7.99. The Hall–Kier alpha value is -1.48. The summed E-state index contributed by atoms with van der Waals surface area (Å²) in [7, 11) is 0. The lowest BCUT2D eigenvalue weighted by molar-refractivity contribution is -0.141. The van der Waals surface area contributed by atoms with Gasteiger partial charge in [0.05, 0.1) is 19.1 Å². The zero-order valence-electron chi connectivity index (χ0n) is 11.8. The Bertz CT molecular complexity index is 433. The van der Waals surface area contributed by atoms with Gasteiger partial charge in [0.1, 0.15) is 12.1 Å². The molecule has 2 saturated heterocycles. The van der Waals surface area contributed by atoms with Crippen molar-refractivity contribution < 1.29 is 24.2 Å². The van der Waals surface area contributed by atoms with Crippen LogP contribution in [0.15, 0.2) is 0 Å². The Morgan fingerprint density at radius 2 is 2.10 bits per heavy atom. The largest absolute Gasteiger partial charge is 0.480 e. The van der Waals surface area contributed by atoms with Crippen molar-refractivity contribution >= 4 is 29.7 Å². The molecule has 0 radical (unpaired) electrons. The van der Waals surface area contributed by atoms with Crippen LogP contribution in [0.25, 0.3) is 0 Å². The number of hydrogen-bond acceptors (Lipinski definition) is 5. The van der Waals surface area contributed by atoms with Crippen molar-refractivity contribution in [3.63, 3.8) is 0 Å². The van der Waals surface area contributed by atoms with E-state index >= 15 is 0 Å². The maximum absolute atomic E-state index is 12.6. The lowest BCUT2D eigenvalue weighted by atomic mass is 10.2. The molecule has 21 heavy (non-hydrogen) atoms. The predicted octanol–water partition coefficient (Wildman–Crippen LogP) is -0.597. The van der Waals surface area contributed by atoms with Gasteiger partial charge in [0, 0.05) is 18.8 Å². The summed E-state index contributed by atoms with van der Waals surface area (Å²) in [6.45, 7) is 3.03. The summed E-state index contributed by atoms with van der Waals surface area (Å²) in [6.07, 6.45) is 0. The maximum atomic E-state index is 12.6. The van der Waals surface area contributed by atoms with Crippen molar-refractivity contribution in [2.24, 2.45) is 0 Å². The minimum atomic E-state index is -1.02. The minimum Gasteiger partial charge on any atom is -0.480 e. The van der Waals surface area contributed by atoms with E-state index in [2.05, 4.69) is 5.32 Å². The fraction of sp³-hybridized carbons (Fsp3) is 0.750. The van der Waals surface area contributed by atoms with E-state index in [1.807, 2.05) is 0 Å². The van der Waals surface area contributed by atoms with Gasteiger partial charge < -0.3 is 25.0 Å². The van der Waals surface area contributed by atoms with Crippen LogP contribution < -0.4 is 5.32 Å². The smallest absolute Gasteiger partial charge is 0.327 e. The third-order valence-electron chi connectivity index (χ3n) is 3.44. The molecule has 0 bridgehead atoms. The van der Waals surface area contributed by atoms with Gasteiger partial charge >= 0.3 is 12.0 Å². The summed E-state index contributed by atoms with van der Waals surface area (Å²) in [5, 5.41) is 11.8. The molecule has 2 rings (SSSR count). The average molecular weight is 317 g/mol. The molecule has 0 spiro atoms. The number of likely N-dealkylation sites (N-methyl/N-ethyl adjacent to an activating group) is 1. The monoisotopic (exact) mass is 317 g/mol. The lowest BCUT2D eigenvalue weighted by Crippen LogP contribution is -2.60. The Kier molecular flexibility index (Phi) is 5.29. The zero-order valence-corrected chi connectivity index (χ0v) is 12.6. The normalized spacial score (nSPS) is 25.8. The number of aliphatic carboxylic acids is 1. The number of thioether (sulfide) groups is 1. The van der Waals surface area contributed by atoms with E-state index in [1.165, 1.54) is 21.6 Å². The van der Waals surface area contributed by atoms with Gasteiger partial charge in [-0.1, -0.05) is 0 Å². The number of rotatable bonds is 3. The number of carbonyl (C=O) groups is 3. The van der Waals surface area contributed by atoms with Crippen molar-refractivity contribution in [1.82, 2.24) is 15.1 Å². The molecule has 3 amide bonds. The number of morpholine rings is 1. The van der Waals surface area contributed by atoms with E-state index in [4.69, 9.17) is 9.84 Å². The number of ether oxygens (including phenoxy) is 1. The van der Waals surface area contributed by atoms with Gasteiger partial charge in [-0.3, -0.25) is 4.79 Å². The molecule has 2 aliphatic rings. The van der Waals surface area contributed by atoms with E-state index in [0.717, 1.165) is 0 Å². The first-order chi connectivity index (χ1) is 10.1. The molecule has 0 aromatic carbocycles. The number of nitrogens with one attached hydrogen (secondary N) is 1. The predicted molar refractivity (Wildman–Crippen MR) is 76.0 cm³/mol. The first-order valence-corrected chi connectivity index (χ1v) is 7.95. The standard InChI is InChI=1S/C12H19N3O5S/c1-2-13-10(16)8-5-20-4-3-14(8)12(19)15-7-21-6-9(15)11(17)18/h8-9H,2-7H2,1H3,(H,13,16)(H,17,18)/t8?,9-/m0/s1. The third kappa shape index (κ3) is 3.41. The molecule has 118 valence electrons. The fourth-order valence-corrected chi connectivity index (χ4v) is 3.48. The Morgan fingerprint density at radius 3 is 2.76 bits per heavy atom. The van der Waals surface area contributed by atoms with E-state index in [0.29, 0.717) is 24.8 Å². The molecule has 1 unspecified atom stereocenters. The quantitative estimate of drug-likeness (QED) is 0.721. The van der Waals surface area contributed by atoms with Gasteiger partial charge in [-0.15, -0.1) is 11.8 Å². The highest BCUT2D eigenvalue weighted by atomic mass is 32.2. The molecule has 0 aromatic rings. The van der Waals surface area contributed by atoms with Gasteiger partial charge in [0.25, 0.3) is 0 Å². The second-order valence-electron chi connectivity index (χ2n) is 4.78. The van der Waals surface area contributed by atoms with Crippen LogP contribution in [0, 0.1) is 0 Å². The Balaban J connectivity index is 2.11. The molecule has 0 aromatic heterocycles. The number of hydrogen-bond donors (Lipinski definition) is 2. The van der Waals surface area contributed by atoms with Crippen LogP contribution in [0.1, 0.15) is 6.92 Å². The topological polar surface area (TPSA) is 99.2 Å². The first kappa shape index (κ1) is 15.9. The van der Waals surface area contributed by atoms with E-state index < -0.39 is 24.1 Å². The van der Waals surface area contributed by atoms with Crippen molar-refractivity contribution in [3.05, 3.63) is 0 Å². The van der Waals surface area contributed by atoms with Crippen LogP contribution >= 0.6 is 11.8 Å². The van der Waals surface area contributed by atoms with Gasteiger partial charge in [0.2, 0.25) is 5.91 Å². The number of urea groups is 1. The zero-order chi connectivity index (χ0) is 15.4. The second kappa shape index (κ2) is 6.99. The van der Waals surface area contributed by atoms with Crippen LogP contribution in [0.3, 0.4) is 0 Å².